The standard InChI is InChI=1S/C26H54O.H2O4S/c1-3-5-7-9-11-13-15-16-18-20-22-24-26-27-25-23-21-19-17-14-12-10-8-6-4-2;1-5(2,3)4/h3-26H2,1-2H3;(H2,1,2,3,4). The molecule has 0 fully saturated rings. The number of hydrogen-bond acceptors (Lipinski definition) is 3. The molecule has 196 valence electrons. The third kappa shape index (κ3) is 43.7. The molecule has 5 nitrogen and oxygen atoms in total. The molecule has 0 aliphatic heterocycles. The molecule has 0 aliphatic carbocycles. The zero-order chi connectivity index (χ0) is 24.2. The zero-order valence-corrected chi connectivity index (χ0v) is 22.3. The van der Waals surface area contributed by atoms with E-state index in [1.807, 2.05) is 0 Å². The molecule has 0 unspecified atom stereocenters. The minimum absolute atomic E-state index is 0.995. The summed E-state index contributed by atoms with van der Waals surface area (Å²) in [5.74, 6) is 0. The van der Waals surface area contributed by atoms with Gasteiger partial charge in [0.2, 0.25) is 0 Å². The summed E-state index contributed by atoms with van der Waals surface area (Å²) in [6.07, 6.45) is 31.1. The van der Waals surface area contributed by atoms with Crippen LogP contribution in [0.1, 0.15) is 155 Å². The number of unbranched alkanes of at least 4 members (excludes halogenated alkanes) is 20. The minimum Gasteiger partial charge on any atom is -0.381 e. The summed E-state index contributed by atoms with van der Waals surface area (Å²) in [6.45, 7) is 6.58. The van der Waals surface area contributed by atoms with Gasteiger partial charge in [0.15, 0.2) is 0 Å². The van der Waals surface area contributed by atoms with Gasteiger partial charge in [0.25, 0.3) is 0 Å². The van der Waals surface area contributed by atoms with Crippen LogP contribution in [0.4, 0.5) is 0 Å². The van der Waals surface area contributed by atoms with E-state index in [0.29, 0.717) is 0 Å². The van der Waals surface area contributed by atoms with E-state index < -0.39 is 10.4 Å². The van der Waals surface area contributed by atoms with Crippen molar-refractivity contribution in [1.29, 1.82) is 0 Å². The van der Waals surface area contributed by atoms with Crippen molar-refractivity contribution in [3.05, 3.63) is 0 Å². The van der Waals surface area contributed by atoms with Gasteiger partial charge in [-0.25, -0.2) is 0 Å². The fourth-order valence-corrected chi connectivity index (χ4v) is 3.84. The van der Waals surface area contributed by atoms with E-state index in [1.54, 1.807) is 0 Å². The first-order chi connectivity index (χ1) is 15.4. The van der Waals surface area contributed by atoms with E-state index in [4.69, 9.17) is 22.3 Å². The highest BCUT2D eigenvalue weighted by atomic mass is 32.3. The Morgan fingerprint density at radius 2 is 0.625 bits per heavy atom. The lowest BCUT2D eigenvalue weighted by molar-refractivity contribution is 0.125. The van der Waals surface area contributed by atoms with Gasteiger partial charge in [-0.3, -0.25) is 9.11 Å². The minimum atomic E-state index is -4.67. The smallest absolute Gasteiger partial charge is 0.381 e. The molecule has 6 heteroatoms. The van der Waals surface area contributed by atoms with Gasteiger partial charge in [-0.1, -0.05) is 142 Å². The first-order valence-electron chi connectivity index (χ1n) is 13.7. The Bertz CT molecular complexity index is 394. The quantitative estimate of drug-likeness (QED) is 0.106. The van der Waals surface area contributed by atoms with Crippen molar-refractivity contribution in [3.8, 4) is 0 Å². The fraction of sp³-hybridized carbons (Fsp3) is 1.00. The van der Waals surface area contributed by atoms with Crippen LogP contribution in [0.15, 0.2) is 0 Å². The van der Waals surface area contributed by atoms with Crippen molar-refractivity contribution in [2.75, 3.05) is 13.2 Å². The van der Waals surface area contributed by atoms with Gasteiger partial charge in [0.1, 0.15) is 0 Å². The summed E-state index contributed by atoms with van der Waals surface area (Å²) in [5, 5.41) is 0. The van der Waals surface area contributed by atoms with Gasteiger partial charge in [-0.2, -0.15) is 8.42 Å². The van der Waals surface area contributed by atoms with Gasteiger partial charge in [0, 0.05) is 13.2 Å². The molecule has 0 radical (unpaired) electrons. The highest BCUT2D eigenvalue weighted by Gasteiger charge is 1.95. The Morgan fingerprint density at radius 3 is 0.844 bits per heavy atom. The molecule has 0 amide bonds. The van der Waals surface area contributed by atoms with Crippen LogP contribution in [0.2, 0.25) is 0 Å². The molecule has 0 bridgehead atoms. The maximum absolute atomic E-state index is 8.74. The van der Waals surface area contributed by atoms with Crippen LogP contribution in [0.5, 0.6) is 0 Å². The van der Waals surface area contributed by atoms with Gasteiger partial charge in [-0.05, 0) is 12.8 Å². The maximum Gasteiger partial charge on any atom is 0.394 e. The molecule has 2 N–H and O–H groups in total. The molecular formula is C26H56O5S. The molecule has 0 aromatic rings. The van der Waals surface area contributed by atoms with Crippen LogP contribution >= 0.6 is 0 Å². The Kier molecular flexibility index (Phi) is 30.7. The van der Waals surface area contributed by atoms with E-state index in [2.05, 4.69) is 13.8 Å². The molecular weight excluding hydrogens is 424 g/mol. The third-order valence-electron chi connectivity index (χ3n) is 5.78. The molecule has 0 saturated carbocycles. The maximum atomic E-state index is 8.74. The fourth-order valence-electron chi connectivity index (χ4n) is 3.84. The first kappa shape index (κ1) is 34.0. The van der Waals surface area contributed by atoms with Crippen molar-refractivity contribution in [1.82, 2.24) is 0 Å². The molecule has 0 aliphatic rings. The van der Waals surface area contributed by atoms with Crippen molar-refractivity contribution in [3.63, 3.8) is 0 Å². The molecule has 0 heterocycles. The van der Waals surface area contributed by atoms with Crippen LogP contribution in [-0.2, 0) is 15.1 Å². The summed E-state index contributed by atoms with van der Waals surface area (Å²) in [5.41, 5.74) is 0. The molecule has 32 heavy (non-hydrogen) atoms. The summed E-state index contributed by atoms with van der Waals surface area (Å²) >= 11 is 0. The summed E-state index contributed by atoms with van der Waals surface area (Å²) in [7, 11) is -4.67. The van der Waals surface area contributed by atoms with Gasteiger partial charge < -0.3 is 4.74 Å². The Balaban J connectivity index is 0. The summed E-state index contributed by atoms with van der Waals surface area (Å²) in [6, 6.07) is 0. The second-order valence-electron chi connectivity index (χ2n) is 9.13. The first-order valence-corrected chi connectivity index (χ1v) is 15.1. The number of rotatable bonds is 24. The Morgan fingerprint density at radius 1 is 0.438 bits per heavy atom. The zero-order valence-electron chi connectivity index (χ0n) is 21.5. The van der Waals surface area contributed by atoms with E-state index in [-0.39, 0.29) is 0 Å². The normalized spacial score (nSPS) is 11.4. The third-order valence-corrected chi connectivity index (χ3v) is 5.78. The second-order valence-corrected chi connectivity index (χ2v) is 10.0. The molecule has 0 aromatic carbocycles. The van der Waals surface area contributed by atoms with E-state index >= 15 is 0 Å². The SMILES string of the molecule is CCCCCCCCCCCCCCOCCCCCCCCCCCC.O=S(=O)(O)O. The average molecular weight is 481 g/mol. The van der Waals surface area contributed by atoms with Gasteiger partial charge in [0.05, 0.1) is 0 Å². The Labute approximate surface area is 201 Å². The monoisotopic (exact) mass is 480 g/mol. The largest absolute Gasteiger partial charge is 0.394 e. The molecule has 0 aromatic heterocycles. The van der Waals surface area contributed by atoms with Crippen molar-refractivity contribution in [2.45, 2.75) is 155 Å². The lowest BCUT2D eigenvalue weighted by Crippen LogP contribution is -1.97. The van der Waals surface area contributed by atoms with E-state index in [1.165, 1.54) is 141 Å². The predicted octanol–water partition coefficient (Wildman–Crippen LogP) is 8.97. The topological polar surface area (TPSA) is 83.8 Å². The van der Waals surface area contributed by atoms with Crippen LogP contribution in [-0.4, -0.2) is 30.7 Å². The van der Waals surface area contributed by atoms with E-state index in [9.17, 15) is 0 Å². The van der Waals surface area contributed by atoms with Crippen LogP contribution < -0.4 is 0 Å². The van der Waals surface area contributed by atoms with Crippen LogP contribution in [0, 0.1) is 0 Å². The lowest BCUT2D eigenvalue weighted by atomic mass is 10.1. The van der Waals surface area contributed by atoms with Gasteiger partial charge in [-0.15, -0.1) is 0 Å². The predicted molar refractivity (Wildman–Crippen MR) is 138 cm³/mol. The lowest BCUT2D eigenvalue weighted by Gasteiger charge is -2.05. The van der Waals surface area contributed by atoms with Gasteiger partial charge >= 0.3 is 10.4 Å². The summed E-state index contributed by atoms with van der Waals surface area (Å²) < 4.78 is 37.4. The van der Waals surface area contributed by atoms with Crippen molar-refractivity contribution < 1.29 is 22.3 Å². The highest BCUT2D eigenvalue weighted by Crippen LogP contribution is 2.12. The number of hydrogen-bond donors (Lipinski definition) is 2. The van der Waals surface area contributed by atoms with Crippen LogP contribution in [0.25, 0.3) is 0 Å². The van der Waals surface area contributed by atoms with Crippen molar-refractivity contribution in [2.24, 2.45) is 0 Å². The summed E-state index contributed by atoms with van der Waals surface area (Å²) in [4.78, 5) is 0. The second kappa shape index (κ2) is 28.9. The number of ether oxygens (including phenoxy) is 1. The van der Waals surface area contributed by atoms with Crippen molar-refractivity contribution >= 4 is 10.4 Å². The van der Waals surface area contributed by atoms with Crippen LogP contribution in [0.3, 0.4) is 0 Å². The molecule has 0 rings (SSSR count). The molecule has 0 spiro atoms. The average Bonchev–Trinajstić information content (AvgIpc) is 2.73. The molecule has 0 saturated heterocycles. The molecule has 0 atom stereocenters. The Hall–Kier alpha value is -0.170. The highest BCUT2D eigenvalue weighted by molar-refractivity contribution is 7.79. The van der Waals surface area contributed by atoms with E-state index in [0.717, 1.165) is 13.2 Å².